The van der Waals surface area contributed by atoms with Crippen molar-refractivity contribution in [3.8, 4) is 6.07 Å². The van der Waals surface area contributed by atoms with E-state index in [1.54, 1.807) is 29.7 Å². The van der Waals surface area contributed by atoms with Gasteiger partial charge in [0.25, 0.3) is 5.91 Å². The Morgan fingerprint density at radius 3 is 3.14 bits per heavy atom. The molecule has 6 heteroatoms. The zero-order valence-electron chi connectivity index (χ0n) is 12.1. The normalized spacial score (nSPS) is 12.5. The number of nitriles is 1. The SMILES string of the molecule is N#Cc1cccnc1NCCNC(=O)c1cc2c(s1)CCC2. The number of nitrogens with zero attached hydrogens (tertiary/aromatic N) is 2. The van der Waals surface area contributed by atoms with Crippen LogP contribution < -0.4 is 10.6 Å². The molecule has 0 saturated carbocycles. The summed E-state index contributed by atoms with van der Waals surface area (Å²) in [6.07, 6.45) is 5.04. The quantitative estimate of drug-likeness (QED) is 0.831. The van der Waals surface area contributed by atoms with Gasteiger partial charge in [-0.2, -0.15) is 5.26 Å². The van der Waals surface area contributed by atoms with Gasteiger partial charge in [0, 0.05) is 24.2 Å². The van der Waals surface area contributed by atoms with Gasteiger partial charge in [-0.25, -0.2) is 4.98 Å². The standard InChI is InChI=1S/C16H16N4OS/c17-10-12-4-2-6-18-15(12)19-7-8-20-16(21)14-9-11-3-1-5-13(11)22-14/h2,4,6,9H,1,3,5,7-8H2,(H,18,19)(H,20,21). The lowest BCUT2D eigenvalue weighted by atomic mass is 10.2. The minimum absolute atomic E-state index is 0.0253. The van der Waals surface area contributed by atoms with Crippen LogP contribution in [0.15, 0.2) is 24.4 Å². The van der Waals surface area contributed by atoms with Crippen molar-refractivity contribution in [1.29, 1.82) is 5.26 Å². The molecular formula is C16H16N4OS. The first-order valence-electron chi connectivity index (χ1n) is 7.26. The fraction of sp³-hybridized carbons (Fsp3) is 0.312. The van der Waals surface area contributed by atoms with Crippen molar-refractivity contribution in [1.82, 2.24) is 10.3 Å². The molecule has 2 heterocycles. The number of aromatic nitrogens is 1. The average molecular weight is 312 g/mol. The fourth-order valence-electron chi connectivity index (χ4n) is 2.52. The average Bonchev–Trinajstić information content (AvgIpc) is 3.13. The summed E-state index contributed by atoms with van der Waals surface area (Å²) < 4.78 is 0. The van der Waals surface area contributed by atoms with E-state index in [1.165, 1.54) is 16.9 Å². The minimum atomic E-state index is -0.0253. The van der Waals surface area contributed by atoms with E-state index in [9.17, 15) is 4.79 Å². The summed E-state index contributed by atoms with van der Waals surface area (Å²) >= 11 is 1.60. The largest absolute Gasteiger partial charge is 0.367 e. The Balaban J connectivity index is 1.48. The number of rotatable bonds is 5. The molecule has 1 aliphatic carbocycles. The Labute approximate surface area is 133 Å². The molecule has 22 heavy (non-hydrogen) atoms. The van der Waals surface area contributed by atoms with Crippen LogP contribution in [-0.4, -0.2) is 24.0 Å². The highest BCUT2D eigenvalue weighted by molar-refractivity contribution is 7.14. The van der Waals surface area contributed by atoms with Gasteiger partial charge in [-0.15, -0.1) is 11.3 Å². The van der Waals surface area contributed by atoms with Crippen molar-refractivity contribution in [3.05, 3.63) is 45.3 Å². The highest BCUT2D eigenvalue weighted by Crippen LogP contribution is 2.30. The Morgan fingerprint density at radius 2 is 2.32 bits per heavy atom. The molecule has 0 bridgehead atoms. The van der Waals surface area contributed by atoms with Crippen LogP contribution in [0, 0.1) is 11.3 Å². The first kappa shape index (κ1) is 14.5. The van der Waals surface area contributed by atoms with E-state index in [1.807, 2.05) is 6.07 Å². The molecule has 1 amide bonds. The molecule has 0 aliphatic heterocycles. The van der Waals surface area contributed by atoms with E-state index in [-0.39, 0.29) is 5.91 Å². The number of carbonyl (C=O) groups is 1. The summed E-state index contributed by atoms with van der Waals surface area (Å²) in [7, 11) is 0. The van der Waals surface area contributed by atoms with Gasteiger partial charge in [-0.3, -0.25) is 4.79 Å². The molecule has 3 rings (SSSR count). The van der Waals surface area contributed by atoms with Crippen LogP contribution in [0.5, 0.6) is 0 Å². The number of hydrogen-bond donors (Lipinski definition) is 2. The molecule has 0 saturated heterocycles. The van der Waals surface area contributed by atoms with Gasteiger partial charge >= 0.3 is 0 Å². The van der Waals surface area contributed by atoms with E-state index in [2.05, 4.69) is 21.7 Å². The van der Waals surface area contributed by atoms with Crippen LogP contribution in [0.3, 0.4) is 0 Å². The number of aryl methyl sites for hydroxylation is 2. The van der Waals surface area contributed by atoms with E-state index < -0.39 is 0 Å². The van der Waals surface area contributed by atoms with Gasteiger partial charge in [0.2, 0.25) is 0 Å². The lowest BCUT2D eigenvalue weighted by Gasteiger charge is -2.07. The first-order chi connectivity index (χ1) is 10.8. The molecule has 2 N–H and O–H groups in total. The topological polar surface area (TPSA) is 77.8 Å². The molecule has 5 nitrogen and oxygen atoms in total. The van der Waals surface area contributed by atoms with Crippen LogP contribution in [0.25, 0.3) is 0 Å². The number of thiophene rings is 1. The predicted octanol–water partition coefficient (Wildman–Crippen LogP) is 2.35. The summed E-state index contributed by atoms with van der Waals surface area (Å²) in [6, 6.07) is 7.53. The number of amides is 1. The van der Waals surface area contributed by atoms with E-state index in [4.69, 9.17) is 5.26 Å². The third-order valence-electron chi connectivity index (χ3n) is 3.60. The monoisotopic (exact) mass is 312 g/mol. The molecule has 0 unspecified atom stereocenters. The maximum absolute atomic E-state index is 12.1. The third kappa shape index (κ3) is 3.10. The van der Waals surface area contributed by atoms with Crippen molar-refractivity contribution in [2.24, 2.45) is 0 Å². The van der Waals surface area contributed by atoms with Gasteiger partial charge in [0.05, 0.1) is 10.4 Å². The molecule has 1 aliphatic rings. The highest BCUT2D eigenvalue weighted by atomic mass is 32.1. The molecule has 0 spiro atoms. The molecular weight excluding hydrogens is 296 g/mol. The van der Waals surface area contributed by atoms with E-state index in [0.717, 1.165) is 17.7 Å². The van der Waals surface area contributed by atoms with Gasteiger partial charge in [-0.1, -0.05) is 0 Å². The molecule has 0 fully saturated rings. The lowest BCUT2D eigenvalue weighted by Crippen LogP contribution is -2.28. The van der Waals surface area contributed by atoms with Crippen molar-refractivity contribution in [2.45, 2.75) is 19.3 Å². The smallest absolute Gasteiger partial charge is 0.261 e. The summed E-state index contributed by atoms with van der Waals surface area (Å²) in [6.45, 7) is 1.02. The minimum Gasteiger partial charge on any atom is -0.367 e. The number of anilines is 1. The second-order valence-corrected chi connectivity index (χ2v) is 6.24. The predicted molar refractivity (Wildman–Crippen MR) is 86.1 cm³/mol. The zero-order valence-corrected chi connectivity index (χ0v) is 12.9. The Morgan fingerprint density at radius 1 is 1.41 bits per heavy atom. The van der Waals surface area contributed by atoms with Crippen molar-refractivity contribution < 1.29 is 4.79 Å². The number of fused-ring (bicyclic) bond motifs is 1. The summed E-state index contributed by atoms with van der Waals surface area (Å²) in [5.41, 5.74) is 1.84. The fourth-order valence-corrected chi connectivity index (χ4v) is 3.69. The Bertz CT molecular complexity index is 710. The maximum atomic E-state index is 12.1. The second-order valence-electron chi connectivity index (χ2n) is 5.11. The van der Waals surface area contributed by atoms with Crippen molar-refractivity contribution >= 4 is 23.1 Å². The maximum Gasteiger partial charge on any atom is 0.261 e. The summed E-state index contributed by atoms with van der Waals surface area (Å²) in [5, 5.41) is 14.9. The summed E-state index contributed by atoms with van der Waals surface area (Å²) in [4.78, 5) is 18.4. The highest BCUT2D eigenvalue weighted by Gasteiger charge is 2.18. The van der Waals surface area contributed by atoms with E-state index >= 15 is 0 Å². The third-order valence-corrected chi connectivity index (χ3v) is 4.84. The van der Waals surface area contributed by atoms with Gasteiger partial charge in [-0.05, 0) is 43.0 Å². The number of pyridine rings is 1. The number of carbonyl (C=O) groups excluding carboxylic acids is 1. The van der Waals surface area contributed by atoms with Gasteiger partial charge in [0.1, 0.15) is 11.9 Å². The number of nitrogens with one attached hydrogen (secondary N) is 2. The van der Waals surface area contributed by atoms with Crippen LogP contribution in [-0.2, 0) is 12.8 Å². The Kier molecular flexibility index (Phi) is 4.35. The first-order valence-corrected chi connectivity index (χ1v) is 8.08. The van der Waals surface area contributed by atoms with Crippen LogP contribution in [0.4, 0.5) is 5.82 Å². The van der Waals surface area contributed by atoms with Crippen molar-refractivity contribution in [3.63, 3.8) is 0 Å². The molecule has 0 radical (unpaired) electrons. The molecule has 2 aromatic rings. The molecule has 0 atom stereocenters. The van der Waals surface area contributed by atoms with Crippen LogP contribution in [0.1, 0.15) is 32.1 Å². The van der Waals surface area contributed by atoms with Crippen LogP contribution >= 0.6 is 11.3 Å². The molecule has 112 valence electrons. The van der Waals surface area contributed by atoms with Crippen molar-refractivity contribution in [2.75, 3.05) is 18.4 Å². The second kappa shape index (κ2) is 6.58. The van der Waals surface area contributed by atoms with Gasteiger partial charge in [0.15, 0.2) is 0 Å². The Hall–Kier alpha value is -2.39. The lowest BCUT2D eigenvalue weighted by molar-refractivity contribution is 0.0959. The van der Waals surface area contributed by atoms with Gasteiger partial charge < -0.3 is 10.6 Å². The molecule has 2 aromatic heterocycles. The zero-order chi connectivity index (χ0) is 15.4. The van der Waals surface area contributed by atoms with E-state index in [0.29, 0.717) is 24.5 Å². The number of hydrogen-bond acceptors (Lipinski definition) is 5. The summed E-state index contributed by atoms with van der Waals surface area (Å²) in [5.74, 6) is 0.525. The van der Waals surface area contributed by atoms with Crippen LogP contribution in [0.2, 0.25) is 0 Å². The molecule has 0 aromatic carbocycles.